The fourth-order valence-corrected chi connectivity index (χ4v) is 2.62. The van der Waals surface area contributed by atoms with Crippen LogP contribution in [0.5, 0.6) is 0 Å². The number of nitrogens with zero attached hydrogens (tertiary/aromatic N) is 3. The Kier molecular flexibility index (Phi) is 4.01. The highest BCUT2D eigenvalue weighted by Crippen LogP contribution is 2.22. The maximum atomic E-state index is 12.6. The quantitative estimate of drug-likeness (QED) is 0.873. The number of carbonyl (C=O) groups is 1. The van der Waals surface area contributed by atoms with E-state index in [9.17, 15) is 4.79 Å². The Bertz CT molecular complexity index is 425. The summed E-state index contributed by atoms with van der Waals surface area (Å²) < 4.78 is 1.75. The molecule has 0 radical (unpaired) electrons. The van der Waals surface area contributed by atoms with E-state index in [0.717, 1.165) is 37.1 Å². The zero-order valence-corrected chi connectivity index (χ0v) is 11.2. The normalized spacial score (nSPS) is 20.2. The molecule has 18 heavy (non-hydrogen) atoms. The van der Waals surface area contributed by atoms with Gasteiger partial charge in [-0.05, 0) is 39.2 Å². The Labute approximate surface area is 108 Å². The van der Waals surface area contributed by atoms with Crippen molar-refractivity contribution in [2.24, 2.45) is 12.8 Å². The second kappa shape index (κ2) is 5.52. The average molecular weight is 250 g/mol. The number of carbonyl (C=O) groups excluding carboxylic acids is 1. The fourth-order valence-electron chi connectivity index (χ4n) is 2.62. The third kappa shape index (κ3) is 2.41. The van der Waals surface area contributed by atoms with Crippen molar-refractivity contribution < 1.29 is 4.79 Å². The first-order valence-corrected chi connectivity index (χ1v) is 6.64. The zero-order valence-electron chi connectivity index (χ0n) is 11.2. The number of rotatable bonds is 3. The van der Waals surface area contributed by atoms with Gasteiger partial charge in [0, 0.05) is 25.3 Å². The second-order valence-electron chi connectivity index (χ2n) is 4.99. The Balaban J connectivity index is 2.18. The number of hydrogen-bond donors (Lipinski definition) is 1. The van der Waals surface area contributed by atoms with Crippen molar-refractivity contribution in [3.8, 4) is 0 Å². The van der Waals surface area contributed by atoms with E-state index >= 15 is 0 Å². The van der Waals surface area contributed by atoms with Gasteiger partial charge in [0.1, 0.15) is 0 Å². The van der Waals surface area contributed by atoms with Gasteiger partial charge in [0.2, 0.25) is 0 Å². The van der Waals surface area contributed by atoms with Gasteiger partial charge < -0.3 is 10.6 Å². The predicted octanol–water partition coefficient (Wildman–Crippen LogP) is 1.07. The molecule has 0 aromatic carbocycles. The predicted molar refractivity (Wildman–Crippen MR) is 70.3 cm³/mol. The largest absolute Gasteiger partial charge is 0.336 e. The van der Waals surface area contributed by atoms with Gasteiger partial charge in [-0.2, -0.15) is 5.10 Å². The van der Waals surface area contributed by atoms with Crippen LogP contribution in [-0.4, -0.2) is 39.7 Å². The van der Waals surface area contributed by atoms with Crippen molar-refractivity contribution in [1.29, 1.82) is 0 Å². The van der Waals surface area contributed by atoms with Crippen LogP contribution < -0.4 is 5.73 Å². The number of aryl methyl sites for hydroxylation is 1. The molecule has 2 N–H and O–H groups in total. The van der Waals surface area contributed by atoms with E-state index in [2.05, 4.69) is 5.10 Å². The SMILES string of the molecule is Cc1c(C(=O)N2CCCCC2CCN)cnn1C. The average Bonchev–Trinajstić information content (AvgIpc) is 2.70. The van der Waals surface area contributed by atoms with Crippen molar-refractivity contribution in [2.45, 2.75) is 38.6 Å². The second-order valence-corrected chi connectivity index (χ2v) is 4.99. The summed E-state index contributed by atoms with van der Waals surface area (Å²) in [7, 11) is 1.86. The summed E-state index contributed by atoms with van der Waals surface area (Å²) in [5, 5.41) is 4.15. The molecule has 1 fully saturated rings. The number of aromatic nitrogens is 2. The van der Waals surface area contributed by atoms with Crippen molar-refractivity contribution >= 4 is 5.91 Å². The monoisotopic (exact) mass is 250 g/mol. The van der Waals surface area contributed by atoms with Crippen molar-refractivity contribution in [3.05, 3.63) is 17.5 Å². The molecule has 1 aromatic rings. The van der Waals surface area contributed by atoms with Crippen molar-refractivity contribution in [3.63, 3.8) is 0 Å². The third-order valence-electron chi connectivity index (χ3n) is 3.85. The summed E-state index contributed by atoms with van der Waals surface area (Å²) in [6, 6.07) is 0.302. The summed E-state index contributed by atoms with van der Waals surface area (Å²) >= 11 is 0. The van der Waals surface area contributed by atoms with Crippen LogP contribution in [-0.2, 0) is 7.05 Å². The number of amides is 1. The molecular weight excluding hydrogens is 228 g/mol. The Morgan fingerprint density at radius 3 is 2.94 bits per heavy atom. The van der Waals surface area contributed by atoms with Crippen LogP contribution in [0.3, 0.4) is 0 Å². The van der Waals surface area contributed by atoms with Gasteiger partial charge in [0.25, 0.3) is 5.91 Å². The summed E-state index contributed by atoms with van der Waals surface area (Å²) in [6.45, 7) is 3.42. The van der Waals surface area contributed by atoms with E-state index in [1.54, 1.807) is 10.9 Å². The third-order valence-corrected chi connectivity index (χ3v) is 3.85. The van der Waals surface area contributed by atoms with Crippen molar-refractivity contribution in [2.75, 3.05) is 13.1 Å². The van der Waals surface area contributed by atoms with E-state index in [1.165, 1.54) is 6.42 Å². The molecule has 1 amide bonds. The van der Waals surface area contributed by atoms with Gasteiger partial charge in [0.05, 0.1) is 11.8 Å². The summed E-state index contributed by atoms with van der Waals surface area (Å²) in [5.41, 5.74) is 7.29. The highest BCUT2D eigenvalue weighted by atomic mass is 16.2. The van der Waals surface area contributed by atoms with E-state index in [-0.39, 0.29) is 5.91 Å². The van der Waals surface area contributed by atoms with E-state index < -0.39 is 0 Å². The molecule has 2 heterocycles. The Morgan fingerprint density at radius 1 is 1.56 bits per heavy atom. The van der Waals surface area contributed by atoms with Gasteiger partial charge in [-0.3, -0.25) is 9.48 Å². The van der Waals surface area contributed by atoms with Crippen LogP contribution in [0.25, 0.3) is 0 Å². The van der Waals surface area contributed by atoms with E-state index in [1.807, 2.05) is 18.9 Å². The lowest BCUT2D eigenvalue weighted by atomic mass is 9.98. The summed E-state index contributed by atoms with van der Waals surface area (Å²) in [6.07, 6.45) is 5.92. The lowest BCUT2D eigenvalue weighted by Crippen LogP contribution is -2.44. The Hall–Kier alpha value is -1.36. The molecule has 100 valence electrons. The van der Waals surface area contributed by atoms with E-state index in [0.29, 0.717) is 12.6 Å². The lowest BCUT2D eigenvalue weighted by Gasteiger charge is -2.35. The van der Waals surface area contributed by atoms with Gasteiger partial charge in [-0.1, -0.05) is 0 Å². The minimum absolute atomic E-state index is 0.110. The molecule has 0 spiro atoms. The summed E-state index contributed by atoms with van der Waals surface area (Å²) in [5.74, 6) is 0.110. The minimum Gasteiger partial charge on any atom is -0.336 e. The van der Waals surface area contributed by atoms with Gasteiger partial charge >= 0.3 is 0 Å². The first-order chi connectivity index (χ1) is 8.65. The smallest absolute Gasteiger partial charge is 0.257 e. The van der Waals surface area contributed by atoms with Crippen LogP contribution in [0.1, 0.15) is 41.7 Å². The summed E-state index contributed by atoms with van der Waals surface area (Å²) in [4.78, 5) is 14.5. The van der Waals surface area contributed by atoms with Crippen LogP contribution in [0, 0.1) is 6.92 Å². The van der Waals surface area contributed by atoms with Gasteiger partial charge in [-0.25, -0.2) is 0 Å². The number of likely N-dealkylation sites (tertiary alicyclic amines) is 1. The molecule has 0 saturated carbocycles. The maximum absolute atomic E-state index is 12.6. The van der Waals surface area contributed by atoms with Crippen molar-refractivity contribution in [1.82, 2.24) is 14.7 Å². The van der Waals surface area contributed by atoms with Crippen LogP contribution in [0.2, 0.25) is 0 Å². The molecule has 2 rings (SSSR count). The molecule has 1 aliphatic rings. The van der Waals surface area contributed by atoms with Crippen LogP contribution >= 0.6 is 0 Å². The molecule has 1 unspecified atom stereocenters. The van der Waals surface area contributed by atoms with Gasteiger partial charge in [-0.15, -0.1) is 0 Å². The van der Waals surface area contributed by atoms with Gasteiger partial charge in [0.15, 0.2) is 0 Å². The molecule has 0 bridgehead atoms. The minimum atomic E-state index is 0.110. The fraction of sp³-hybridized carbons (Fsp3) is 0.692. The molecule has 1 saturated heterocycles. The molecular formula is C13H22N4O. The molecule has 5 heteroatoms. The number of piperidine rings is 1. The first kappa shape index (κ1) is 13.1. The maximum Gasteiger partial charge on any atom is 0.257 e. The topological polar surface area (TPSA) is 64.2 Å². The molecule has 1 aliphatic heterocycles. The van der Waals surface area contributed by atoms with Crippen LogP contribution in [0.4, 0.5) is 0 Å². The highest BCUT2D eigenvalue weighted by Gasteiger charge is 2.28. The highest BCUT2D eigenvalue weighted by molar-refractivity contribution is 5.95. The molecule has 1 atom stereocenters. The number of hydrogen-bond acceptors (Lipinski definition) is 3. The van der Waals surface area contributed by atoms with Crippen LogP contribution in [0.15, 0.2) is 6.20 Å². The number of nitrogens with two attached hydrogens (primary N) is 1. The standard InChI is InChI=1S/C13H22N4O/c1-10-12(9-15-16(10)2)13(18)17-8-4-3-5-11(17)6-7-14/h9,11H,3-8,14H2,1-2H3. The first-order valence-electron chi connectivity index (χ1n) is 6.64. The molecule has 0 aliphatic carbocycles. The Morgan fingerprint density at radius 2 is 2.33 bits per heavy atom. The lowest BCUT2D eigenvalue weighted by molar-refractivity contribution is 0.0604. The molecule has 5 nitrogen and oxygen atoms in total. The molecule has 1 aromatic heterocycles. The van der Waals surface area contributed by atoms with E-state index in [4.69, 9.17) is 5.73 Å². The zero-order chi connectivity index (χ0) is 13.1.